The van der Waals surface area contributed by atoms with Crippen molar-refractivity contribution in [1.29, 1.82) is 0 Å². The molecule has 3 nitrogen and oxygen atoms in total. The summed E-state index contributed by atoms with van der Waals surface area (Å²) in [5, 5.41) is 10.4. The molecule has 0 saturated carbocycles. The molecular formula is C18H29NO2. The molecule has 0 bridgehead atoms. The molecule has 118 valence electrons. The van der Waals surface area contributed by atoms with E-state index in [0.29, 0.717) is 6.42 Å². The van der Waals surface area contributed by atoms with Gasteiger partial charge in [-0.3, -0.25) is 4.79 Å². The minimum absolute atomic E-state index is 0.119. The quantitative estimate of drug-likeness (QED) is 0.700. The molecule has 1 aromatic carbocycles. The van der Waals surface area contributed by atoms with Crippen LogP contribution >= 0.6 is 0 Å². The van der Waals surface area contributed by atoms with Gasteiger partial charge >= 0.3 is 0 Å². The number of aliphatic hydroxyl groups excluding tert-OH is 1. The number of carbonyl (C=O) groups is 1. The predicted molar refractivity (Wildman–Crippen MR) is 87.0 cm³/mol. The third-order valence-corrected chi connectivity index (χ3v) is 4.10. The highest BCUT2D eigenvalue weighted by Gasteiger charge is 2.23. The van der Waals surface area contributed by atoms with E-state index >= 15 is 0 Å². The van der Waals surface area contributed by atoms with Crippen LogP contribution in [0.3, 0.4) is 0 Å². The van der Waals surface area contributed by atoms with Crippen LogP contribution in [0.25, 0.3) is 0 Å². The van der Waals surface area contributed by atoms with E-state index in [1.54, 1.807) is 11.9 Å². The normalized spacial score (nSPS) is 13.7. The third kappa shape index (κ3) is 5.88. The Bertz CT molecular complexity index is 405. The summed E-state index contributed by atoms with van der Waals surface area (Å²) in [7, 11) is 1.78. The van der Waals surface area contributed by atoms with Gasteiger partial charge in [0.15, 0.2) is 0 Å². The molecule has 0 unspecified atom stereocenters. The molecule has 0 fully saturated rings. The number of aliphatic hydroxyl groups is 1. The first-order valence-corrected chi connectivity index (χ1v) is 8.06. The molecule has 0 saturated heterocycles. The first-order chi connectivity index (χ1) is 10.1. The van der Waals surface area contributed by atoms with Crippen LogP contribution in [0.2, 0.25) is 0 Å². The molecule has 0 radical (unpaired) electrons. The molecule has 21 heavy (non-hydrogen) atoms. The number of unbranched alkanes of at least 4 members (excludes halogenated alkanes) is 4. The van der Waals surface area contributed by atoms with Crippen molar-refractivity contribution in [2.45, 2.75) is 64.5 Å². The number of carbonyl (C=O) groups excluding carboxylic acids is 1. The van der Waals surface area contributed by atoms with E-state index in [1.807, 2.05) is 37.3 Å². The van der Waals surface area contributed by atoms with Crippen molar-refractivity contribution in [2.75, 3.05) is 7.05 Å². The van der Waals surface area contributed by atoms with Gasteiger partial charge in [-0.2, -0.15) is 0 Å². The molecule has 0 spiro atoms. The van der Waals surface area contributed by atoms with E-state index in [-0.39, 0.29) is 11.9 Å². The second-order valence-electron chi connectivity index (χ2n) is 5.76. The van der Waals surface area contributed by atoms with Crippen LogP contribution in [0.4, 0.5) is 0 Å². The zero-order valence-electron chi connectivity index (χ0n) is 13.6. The van der Waals surface area contributed by atoms with Crippen LogP contribution in [0.1, 0.15) is 64.0 Å². The van der Waals surface area contributed by atoms with E-state index in [9.17, 15) is 9.90 Å². The highest BCUT2D eigenvalue weighted by molar-refractivity contribution is 5.76. The van der Waals surface area contributed by atoms with Crippen molar-refractivity contribution in [3.63, 3.8) is 0 Å². The lowest BCUT2D eigenvalue weighted by atomic mass is 10.0. The zero-order valence-corrected chi connectivity index (χ0v) is 13.6. The molecule has 0 aliphatic carbocycles. The van der Waals surface area contributed by atoms with Gasteiger partial charge in [-0.05, 0) is 18.9 Å². The largest absolute Gasteiger partial charge is 0.386 e. The number of nitrogens with zero attached hydrogens (tertiary/aromatic N) is 1. The van der Waals surface area contributed by atoms with Crippen LogP contribution in [0, 0.1) is 0 Å². The maximum Gasteiger partial charge on any atom is 0.222 e. The average molecular weight is 291 g/mol. The SMILES string of the molecule is CCCCCCCC(=O)N(C)[C@@H](C)[C@@H](O)c1ccccc1. The summed E-state index contributed by atoms with van der Waals surface area (Å²) >= 11 is 0. The molecule has 2 atom stereocenters. The molecular weight excluding hydrogens is 262 g/mol. The molecule has 1 N–H and O–H groups in total. The van der Waals surface area contributed by atoms with E-state index in [4.69, 9.17) is 0 Å². The van der Waals surface area contributed by atoms with Crippen molar-refractivity contribution in [3.8, 4) is 0 Å². The minimum Gasteiger partial charge on any atom is -0.386 e. The third-order valence-electron chi connectivity index (χ3n) is 4.10. The lowest BCUT2D eigenvalue weighted by Gasteiger charge is -2.29. The summed E-state index contributed by atoms with van der Waals surface area (Å²) in [5.41, 5.74) is 0.854. The molecule has 1 amide bonds. The summed E-state index contributed by atoms with van der Waals surface area (Å²) in [4.78, 5) is 13.8. The van der Waals surface area contributed by atoms with Crippen LogP contribution in [-0.4, -0.2) is 29.0 Å². The van der Waals surface area contributed by atoms with Gasteiger partial charge in [-0.15, -0.1) is 0 Å². The van der Waals surface area contributed by atoms with Gasteiger partial charge in [0.2, 0.25) is 5.91 Å². The fourth-order valence-electron chi connectivity index (χ4n) is 2.42. The number of hydrogen-bond donors (Lipinski definition) is 1. The summed E-state index contributed by atoms with van der Waals surface area (Å²) in [5.74, 6) is 0.119. The van der Waals surface area contributed by atoms with E-state index in [0.717, 1.165) is 18.4 Å². The first-order valence-electron chi connectivity index (χ1n) is 8.06. The second kappa shape index (κ2) is 9.56. The molecule has 1 rings (SSSR count). The van der Waals surface area contributed by atoms with Crippen molar-refractivity contribution in [3.05, 3.63) is 35.9 Å². The first kappa shape index (κ1) is 17.7. The van der Waals surface area contributed by atoms with E-state index < -0.39 is 6.10 Å². The Morgan fingerprint density at radius 3 is 2.38 bits per heavy atom. The molecule has 0 aliphatic rings. The predicted octanol–water partition coefficient (Wildman–Crippen LogP) is 3.93. The Kier molecular flexibility index (Phi) is 8.06. The monoisotopic (exact) mass is 291 g/mol. The summed E-state index contributed by atoms with van der Waals surface area (Å²) in [6.45, 7) is 4.08. The van der Waals surface area contributed by atoms with E-state index in [1.165, 1.54) is 19.3 Å². The molecule has 0 heterocycles. The smallest absolute Gasteiger partial charge is 0.222 e. The van der Waals surface area contributed by atoms with Crippen molar-refractivity contribution >= 4 is 5.91 Å². The van der Waals surface area contributed by atoms with Gasteiger partial charge < -0.3 is 10.0 Å². The molecule has 0 aromatic heterocycles. The van der Waals surface area contributed by atoms with Gasteiger partial charge in [-0.1, -0.05) is 62.9 Å². The van der Waals surface area contributed by atoms with Crippen molar-refractivity contribution < 1.29 is 9.90 Å². The highest BCUT2D eigenvalue weighted by atomic mass is 16.3. The maximum atomic E-state index is 12.2. The Morgan fingerprint density at radius 2 is 1.76 bits per heavy atom. The van der Waals surface area contributed by atoms with Crippen molar-refractivity contribution in [2.24, 2.45) is 0 Å². The number of hydrogen-bond acceptors (Lipinski definition) is 2. The Hall–Kier alpha value is -1.35. The maximum absolute atomic E-state index is 12.2. The lowest BCUT2D eigenvalue weighted by molar-refractivity contribution is -0.134. The minimum atomic E-state index is -0.639. The second-order valence-corrected chi connectivity index (χ2v) is 5.76. The van der Waals surface area contributed by atoms with Crippen LogP contribution in [0.5, 0.6) is 0 Å². The molecule has 3 heteroatoms. The summed E-state index contributed by atoms with van der Waals surface area (Å²) in [6.07, 6.45) is 5.66. The van der Waals surface area contributed by atoms with Crippen LogP contribution in [-0.2, 0) is 4.79 Å². The number of benzene rings is 1. The summed E-state index contributed by atoms with van der Waals surface area (Å²) in [6, 6.07) is 9.30. The lowest BCUT2D eigenvalue weighted by Crippen LogP contribution is -2.38. The zero-order chi connectivity index (χ0) is 15.7. The van der Waals surface area contributed by atoms with Crippen LogP contribution in [0.15, 0.2) is 30.3 Å². The van der Waals surface area contributed by atoms with Gasteiger partial charge in [0.1, 0.15) is 0 Å². The van der Waals surface area contributed by atoms with Crippen molar-refractivity contribution in [1.82, 2.24) is 4.90 Å². The summed E-state index contributed by atoms with van der Waals surface area (Å²) < 4.78 is 0. The molecule has 0 aliphatic heterocycles. The Morgan fingerprint density at radius 1 is 1.14 bits per heavy atom. The van der Waals surface area contributed by atoms with Crippen LogP contribution < -0.4 is 0 Å². The Balaban J connectivity index is 2.42. The number of rotatable bonds is 9. The van der Waals surface area contributed by atoms with Gasteiger partial charge in [0, 0.05) is 13.5 Å². The van der Waals surface area contributed by atoms with E-state index in [2.05, 4.69) is 6.92 Å². The molecule has 1 aromatic rings. The Labute approximate surface area is 129 Å². The standard InChI is InChI=1S/C18H29NO2/c1-4-5-6-7-11-14-17(20)19(3)15(2)18(21)16-12-9-8-10-13-16/h8-10,12-13,15,18,21H,4-7,11,14H2,1-3H3/t15-,18+/m0/s1. The fraction of sp³-hybridized carbons (Fsp3) is 0.611. The van der Waals surface area contributed by atoms with Gasteiger partial charge in [-0.25, -0.2) is 0 Å². The van der Waals surface area contributed by atoms with Gasteiger partial charge in [0.05, 0.1) is 12.1 Å². The number of likely N-dealkylation sites (N-methyl/N-ethyl adjacent to an activating group) is 1. The topological polar surface area (TPSA) is 40.5 Å². The number of amides is 1. The highest BCUT2D eigenvalue weighted by Crippen LogP contribution is 2.20. The average Bonchev–Trinajstić information content (AvgIpc) is 2.53. The van der Waals surface area contributed by atoms with Gasteiger partial charge in [0.25, 0.3) is 0 Å². The fourth-order valence-corrected chi connectivity index (χ4v) is 2.42.